The molecule has 0 amide bonds. The van der Waals surface area contributed by atoms with Crippen LogP contribution >= 0.6 is 0 Å². The Bertz CT molecular complexity index is 1010. The van der Waals surface area contributed by atoms with Gasteiger partial charge in [0.05, 0.1) is 6.61 Å². The monoisotopic (exact) mass is 430 g/mol. The smallest absolute Gasteiger partial charge is 0.133 e. The summed E-state index contributed by atoms with van der Waals surface area (Å²) in [6.45, 7) is 12.5. The van der Waals surface area contributed by atoms with Gasteiger partial charge in [0.15, 0.2) is 0 Å². The maximum Gasteiger partial charge on any atom is 0.133 e. The Balaban J connectivity index is 1.90. The van der Waals surface area contributed by atoms with Gasteiger partial charge < -0.3 is 19.6 Å². The minimum atomic E-state index is 0.0211. The van der Waals surface area contributed by atoms with E-state index >= 15 is 0 Å². The normalized spacial score (nSPS) is 12.7. The Kier molecular flexibility index (Phi) is 6.71. The van der Waals surface area contributed by atoms with E-state index in [0.29, 0.717) is 0 Å². The standard InChI is InChI=1S/C28H34N2O2/c1-5-29(6-2)21-13-15-24-26(17-21)32-27-18-22(30(7-3)8-4)14-16-25(27)28(24)23-12-10-9-11-20(23)19-31/h9-18,28,31H,5-8,19H2,1-4H3. The molecule has 32 heavy (non-hydrogen) atoms. The van der Waals surface area contributed by atoms with E-state index in [9.17, 15) is 5.11 Å². The predicted octanol–water partition coefficient (Wildman–Crippen LogP) is 6.16. The summed E-state index contributed by atoms with van der Waals surface area (Å²) in [6.07, 6.45) is 0. The van der Waals surface area contributed by atoms with Crippen molar-refractivity contribution in [3.63, 3.8) is 0 Å². The molecule has 3 aromatic carbocycles. The molecular weight excluding hydrogens is 396 g/mol. The largest absolute Gasteiger partial charge is 0.457 e. The van der Waals surface area contributed by atoms with E-state index < -0.39 is 0 Å². The number of fused-ring (bicyclic) bond motifs is 2. The first kappa shape index (κ1) is 22.2. The summed E-state index contributed by atoms with van der Waals surface area (Å²) in [5.74, 6) is 1.82. The van der Waals surface area contributed by atoms with Gasteiger partial charge in [-0.05, 0) is 51.0 Å². The third-order valence-electron chi connectivity index (χ3n) is 6.63. The molecule has 168 valence electrons. The topological polar surface area (TPSA) is 35.9 Å². The predicted molar refractivity (Wildman–Crippen MR) is 133 cm³/mol. The lowest BCUT2D eigenvalue weighted by molar-refractivity contribution is 0.280. The van der Waals surface area contributed by atoms with Crippen LogP contribution in [0.25, 0.3) is 0 Å². The first-order valence-electron chi connectivity index (χ1n) is 11.8. The lowest BCUT2D eigenvalue weighted by Crippen LogP contribution is -2.23. The summed E-state index contributed by atoms with van der Waals surface area (Å²) in [5, 5.41) is 10.1. The van der Waals surface area contributed by atoms with Gasteiger partial charge in [0, 0.05) is 66.7 Å². The highest BCUT2D eigenvalue weighted by molar-refractivity contribution is 5.66. The highest BCUT2D eigenvalue weighted by Gasteiger charge is 2.31. The molecule has 0 spiro atoms. The summed E-state index contributed by atoms with van der Waals surface area (Å²) in [5.41, 5.74) is 6.72. The molecule has 3 aromatic rings. The molecule has 0 bridgehead atoms. The minimum absolute atomic E-state index is 0.0211. The van der Waals surface area contributed by atoms with E-state index in [1.54, 1.807) is 0 Å². The number of hydrogen-bond donors (Lipinski definition) is 1. The van der Waals surface area contributed by atoms with Crippen LogP contribution in [-0.2, 0) is 6.61 Å². The van der Waals surface area contributed by atoms with Gasteiger partial charge in [-0.1, -0.05) is 36.4 Å². The van der Waals surface area contributed by atoms with Gasteiger partial charge in [-0.3, -0.25) is 0 Å². The number of ether oxygens (including phenoxy) is 1. The van der Waals surface area contributed by atoms with Crippen LogP contribution in [0, 0.1) is 0 Å². The average molecular weight is 431 g/mol. The van der Waals surface area contributed by atoms with Gasteiger partial charge >= 0.3 is 0 Å². The third kappa shape index (κ3) is 3.95. The Morgan fingerprint density at radius 1 is 0.688 bits per heavy atom. The zero-order valence-electron chi connectivity index (χ0n) is 19.6. The van der Waals surface area contributed by atoms with Crippen molar-refractivity contribution in [1.29, 1.82) is 0 Å². The first-order valence-corrected chi connectivity index (χ1v) is 11.8. The van der Waals surface area contributed by atoms with Crippen LogP contribution in [0.4, 0.5) is 11.4 Å². The molecule has 0 radical (unpaired) electrons. The highest BCUT2D eigenvalue weighted by Crippen LogP contribution is 2.49. The van der Waals surface area contributed by atoms with E-state index in [2.05, 4.69) is 86.0 Å². The lowest BCUT2D eigenvalue weighted by Gasteiger charge is -2.32. The molecule has 1 heterocycles. The SMILES string of the molecule is CCN(CC)c1ccc2c(c1)Oc1cc(N(CC)CC)ccc1C2c1ccccc1CO. The van der Waals surface area contributed by atoms with Crippen molar-refractivity contribution in [3.05, 3.63) is 82.9 Å². The number of aliphatic hydroxyl groups is 1. The van der Waals surface area contributed by atoms with Crippen LogP contribution < -0.4 is 14.5 Å². The zero-order chi connectivity index (χ0) is 22.7. The molecule has 4 heteroatoms. The summed E-state index contributed by atoms with van der Waals surface area (Å²) in [7, 11) is 0. The van der Waals surface area contributed by atoms with Gasteiger partial charge in [0.1, 0.15) is 11.5 Å². The molecule has 1 N–H and O–H groups in total. The van der Waals surface area contributed by atoms with Crippen LogP contribution in [0.3, 0.4) is 0 Å². The van der Waals surface area contributed by atoms with E-state index in [1.165, 1.54) is 11.4 Å². The quantitative estimate of drug-likeness (QED) is 0.363. The van der Waals surface area contributed by atoms with Crippen molar-refractivity contribution in [3.8, 4) is 11.5 Å². The van der Waals surface area contributed by atoms with Crippen LogP contribution in [0.1, 0.15) is 55.9 Å². The molecule has 0 saturated heterocycles. The zero-order valence-corrected chi connectivity index (χ0v) is 19.6. The number of nitrogens with zero attached hydrogens (tertiary/aromatic N) is 2. The first-order chi connectivity index (χ1) is 15.6. The second-order valence-corrected chi connectivity index (χ2v) is 8.18. The van der Waals surface area contributed by atoms with Crippen molar-refractivity contribution in [2.24, 2.45) is 0 Å². The number of aliphatic hydroxyl groups excluding tert-OH is 1. The second kappa shape index (κ2) is 9.66. The number of anilines is 2. The fourth-order valence-electron chi connectivity index (χ4n) is 4.85. The van der Waals surface area contributed by atoms with Crippen molar-refractivity contribution in [2.45, 2.75) is 40.2 Å². The van der Waals surface area contributed by atoms with Crippen LogP contribution in [0.5, 0.6) is 11.5 Å². The van der Waals surface area contributed by atoms with Crippen molar-refractivity contribution in [2.75, 3.05) is 36.0 Å². The fraction of sp³-hybridized carbons (Fsp3) is 0.357. The number of hydrogen-bond acceptors (Lipinski definition) is 4. The molecule has 0 fully saturated rings. The number of benzene rings is 3. The van der Waals surface area contributed by atoms with Gasteiger partial charge in [0.2, 0.25) is 0 Å². The molecule has 0 aliphatic carbocycles. The Morgan fingerprint density at radius 2 is 1.19 bits per heavy atom. The molecule has 0 atom stereocenters. The lowest BCUT2D eigenvalue weighted by atomic mass is 9.80. The van der Waals surface area contributed by atoms with Crippen LogP contribution in [0.2, 0.25) is 0 Å². The van der Waals surface area contributed by atoms with Gasteiger partial charge in [0.25, 0.3) is 0 Å². The maximum absolute atomic E-state index is 10.1. The Hall–Kier alpha value is -2.98. The highest BCUT2D eigenvalue weighted by atomic mass is 16.5. The van der Waals surface area contributed by atoms with Gasteiger partial charge in [-0.25, -0.2) is 0 Å². The van der Waals surface area contributed by atoms with Crippen molar-refractivity contribution >= 4 is 11.4 Å². The summed E-state index contributed by atoms with van der Waals surface area (Å²) in [4.78, 5) is 4.67. The van der Waals surface area contributed by atoms with Crippen LogP contribution in [-0.4, -0.2) is 31.3 Å². The summed E-state index contributed by atoms with van der Waals surface area (Å²) in [6, 6.07) is 21.3. The summed E-state index contributed by atoms with van der Waals surface area (Å²) < 4.78 is 6.55. The minimum Gasteiger partial charge on any atom is -0.457 e. The molecule has 0 saturated carbocycles. The summed E-state index contributed by atoms with van der Waals surface area (Å²) >= 11 is 0. The molecule has 1 aliphatic rings. The Labute approximate surface area is 192 Å². The molecule has 4 nitrogen and oxygen atoms in total. The fourth-order valence-corrected chi connectivity index (χ4v) is 4.85. The van der Waals surface area contributed by atoms with E-state index in [4.69, 9.17) is 4.74 Å². The van der Waals surface area contributed by atoms with E-state index in [-0.39, 0.29) is 12.5 Å². The van der Waals surface area contributed by atoms with E-state index in [0.717, 1.165) is 59.9 Å². The average Bonchev–Trinajstić information content (AvgIpc) is 2.84. The maximum atomic E-state index is 10.1. The van der Waals surface area contributed by atoms with Gasteiger partial charge in [-0.2, -0.15) is 0 Å². The Morgan fingerprint density at radius 3 is 1.66 bits per heavy atom. The molecule has 0 aromatic heterocycles. The van der Waals surface area contributed by atoms with Crippen LogP contribution in [0.15, 0.2) is 60.7 Å². The molecular formula is C28H34N2O2. The second-order valence-electron chi connectivity index (χ2n) is 8.18. The molecule has 0 unspecified atom stereocenters. The molecule has 4 rings (SSSR count). The van der Waals surface area contributed by atoms with Crippen molar-refractivity contribution in [1.82, 2.24) is 0 Å². The van der Waals surface area contributed by atoms with Crippen molar-refractivity contribution < 1.29 is 9.84 Å². The third-order valence-corrected chi connectivity index (χ3v) is 6.63. The van der Waals surface area contributed by atoms with Gasteiger partial charge in [-0.15, -0.1) is 0 Å². The van der Waals surface area contributed by atoms with E-state index in [1.807, 2.05) is 12.1 Å². The molecule has 1 aliphatic heterocycles. The number of rotatable bonds is 8.